The first kappa shape index (κ1) is 12.3. The van der Waals surface area contributed by atoms with Crippen molar-refractivity contribution in [2.45, 2.75) is 6.54 Å². The summed E-state index contributed by atoms with van der Waals surface area (Å²) in [5.74, 6) is 0. The third-order valence-electron chi connectivity index (χ3n) is 2.73. The summed E-state index contributed by atoms with van der Waals surface area (Å²) < 4.78 is 1.07. The van der Waals surface area contributed by atoms with Gasteiger partial charge in [-0.2, -0.15) is 0 Å². The van der Waals surface area contributed by atoms with Gasteiger partial charge in [-0.3, -0.25) is 9.36 Å². The van der Waals surface area contributed by atoms with E-state index in [1.807, 2.05) is 31.1 Å². The van der Waals surface area contributed by atoms with Crippen molar-refractivity contribution in [2.75, 3.05) is 14.1 Å². The lowest BCUT2D eigenvalue weighted by Crippen LogP contribution is -2.10. The highest BCUT2D eigenvalue weighted by molar-refractivity contribution is 6.01. The zero-order chi connectivity index (χ0) is 13.3. The fraction of sp³-hybridized carbons (Fsp3) is 0.231. The molecule has 0 aliphatic rings. The second kappa shape index (κ2) is 4.62. The van der Waals surface area contributed by atoms with Crippen LogP contribution in [0.2, 0.25) is 0 Å². The first-order valence-corrected chi connectivity index (χ1v) is 5.50. The van der Waals surface area contributed by atoms with E-state index in [-0.39, 0.29) is 0 Å². The van der Waals surface area contributed by atoms with Crippen molar-refractivity contribution in [3.63, 3.8) is 0 Å². The molecule has 5 nitrogen and oxygen atoms in total. The van der Waals surface area contributed by atoms with Crippen LogP contribution in [0.3, 0.4) is 0 Å². The molecule has 0 saturated carbocycles. The summed E-state index contributed by atoms with van der Waals surface area (Å²) in [5.41, 5.74) is 1.97. The Hall–Kier alpha value is -2.14. The smallest absolute Gasteiger partial charge is 0.416 e. The maximum atomic E-state index is 11.0. The molecule has 0 saturated heterocycles. The molecule has 1 heterocycles. The maximum Gasteiger partial charge on any atom is 0.416 e. The second-order valence-electron chi connectivity index (χ2n) is 4.44. The van der Waals surface area contributed by atoms with Crippen LogP contribution in [0.5, 0.6) is 0 Å². The molecule has 0 unspecified atom stereocenters. The summed E-state index contributed by atoms with van der Waals surface area (Å²) in [4.78, 5) is 24.0. The number of aromatic nitrogens is 1. The van der Waals surface area contributed by atoms with Gasteiger partial charge < -0.3 is 10.0 Å². The van der Waals surface area contributed by atoms with Gasteiger partial charge in [0, 0.05) is 23.7 Å². The van der Waals surface area contributed by atoms with Gasteiger partial charge in [-0.15, -0.1) is 0 Å². The van der Waals surface area contributed by atoms with Crippen LogP contribution in [0.1, 0.15) is 15.9 Å². The number of rotatable bonds is 3. The number of benzene rings is 1. The fourth-order valence-corrected chi connectivity index (χ4v) is 2.02. The van der Waals surface area contributed by atoms with E-state index in [1.54, 1.807) is 6.07 Å². The predicted molar refractivity (Wildman–Crippen MR) is 68.1 cm³/mol. The summed E-state index contributed by atoms with van der Waals surface area (Å²) in [6.07, 6.45) is 0.939. The monoisotopic (exact) mass is 246 g/mol. The molecular weight excluding hydrogens is 232 g/mol. The van der Waals surface area contributed by atoms with E-state index < -0.39 is 6.09 Å². The van der Waals surface area contributed by atoms with Crippen molar-refractivity contribution < 1.29 is 14.7 Å². The number of carboxylic acid groups (broad SMARTS) is 1. The molecule has 18 heavy (non-hydrogen) atoms. The van der Waals surface area contributed by atoms with Gasteiger partial charge in [0.05, 0.1) is 5.52 Å². The van der Waals surface area contributed by atoms with Gasteiger partial charge >= 0.3 is 6.09 Å². The van der Waals surface area contributed by atoms with Gasteiger partial charge in [0.2, 0.25) is 0 Å². The lowest BCUT2D eigenvalue weighted by Gasteiger charge is -2.09. The minimum absolute atomic E-state index is 0.396. The van der Waals surface area contributed by atoms with E-state index in [4.69, 9.17) is 5.11 Å². The topological polar surface area (TPSA) is 62.5 Å². The number of carbonyl (C=O) groups is 2. The molecule has 0 aliphatic carbocycles. The van der Waals surface area contributed by atoms with E-state index in [9.17, 15) is 9.59 Å². The van der Waals surface area contributed by atoms with Gasteiger partial charge in [-0.1, -0.05) is 6.07 Å². The number of aldehydes is 1. The molecule has 0 aliphatic heterocycles. The van der Waals surface area contributed by atoms with Crippen molar-refractivity contribution >= 4 is 23.3 Å². The molecule has 1 aromatic heterocycles. The minimum Gasteiger partial charge on any atom is -0.464 e. The van der Waals surface area contributed by atoms with E-state index in [1.165, 1.54) is 6.20 Å². The average molecular weight is 246 g/mol. The van der Waals surface area contributed by atoms with Crippen molar-refractivity contribution in [1.29, 1.82) is 0 Å². The summed E-state index contributed by atoms with van der Waals surface area (Å²) >= 11 is 0. The molecule has 0 amide bonds. The van der Waals surface area contributed by atoms with E-state index in [0.29, 0.717) is 22.8 Å². The summed E-state index contributed by atoms with van der Waals surface area (Å²) in [7, 11) is 3.90. The van der Waals surface area contributed by atoms with Crippen molar-refractivity contribution in [3.8, 4) is 0 Å². The number of nitrogens with zero attached hydrogens (tertiary/aromatic N) is 2. The number of hydrogen-bond acceptors (Lipinski definition) is 3. The van der Waals surface area contributed by atoms with Crippen LogP contribution in [-0.2, 0) is 6.54 Å². The summed E-state index contributed by atoms with van der Waals surface area (Å²) in [6.45, 7) is 0.743. The Kier molecular flexibility index (Phi) is 3.16. The first-order valence-electron chi connectivity index (χ1n) is 5.50. The highest BCUT2D eigenvalue weighted by Gasteiger charge is 2.12. The van der Waals surface area contributed by atoms with Gasteiger partial charge in [0.25, 0.3) is 0 Å². The zero-order valence-corrected chi connectivity index (χ0v) is 10.3. The van der Waals surface area contributed by atoms with Crippen LogP contribution < -0.4 is 0 Å². The van der Waals surface area contributed by atoms with Crippen LogP contribution in [0.15, 0.2) is 24.4 Å². The lowest BCUT2D eigenvalue weighted by atomic mass is 10.1. The Morgan fingerprint density at radius 3 is 2.72 bits per heavy atom. The molecule has 2 rings (SSSR count). The van der Waals surface area contributed by atoms with Gasteiger partial charge in [-0.05, 0) is 31.8 Å². The second-order valence-corrected chi connectivity index (χ2v) is 4.44. The quantitative estimate of drug-likeness (QED) is 0.842. The normalized spacial score (nSPS) is 11.1. The van der Waals surface area contributed by atoms with Crippen molar-refractivity contribution in [3.05, 3.63) is 35.5 Å². The minimum atomic E-state index is -1.09. The molecule has 0 atom stereocenters. The Morgan fingerprint density at radius 1 is 1.44 bits per heavy atom. The van der Waals surface area contributed by atoms with Crippen LogP contribution >= 0.6 is 0 Å². The van der Waals surface area contributed by atoms with Crippen molar-refractivity contribution in [2.24, 2.45) is 0 Å². The average Bonchev–Trinajstić information content (AvgIpc) is 2.66. The molecule has 1 N–H and O–H groups in total. The van der Waals surface area contributed by atoms with Crippen LogP contribution in [0, 0.1) is 0 Å². The zero-order valence-electron chi connectivity index (χ0n) is 10.3. The van der Waals surface area contributed by atoms with Crippen LogP contribution in [0.4, 0.5) is 4.79 Å². The Morgan fingerprint density at radius 2 is 2.17 bits per heavy atom. The van der Waals surface area contributed by atoms with Crippen LogP contribution in [0.25, 0.3) is 10.9 Å². The van der Waals surface area contributed by atoms with E-state index in [2.05, 4.69) is 0 Å². The molecule has 2 aromatic rings. The highest BCUT2D eigenvalue weighted by atomic mass is 16.4. The molecule has 0 spiro atoms. The molecular formula is C13H14N2O3. The van der Waals surface area contributed by atoms with Gasteiger partial charge in [-0.25, -0.2) is 4.79 Å². The lowest BCUT2D eigenvalue weighted by molar-refractivity contribution is 0.112. The van der Waals surface area contributed by atoms with Crippen LogP contribution in [-0.4, -0.2) is 41.0 Å². The third kappa shape index (κ3) is 2.12. The van der Waals surface area contributed by atoms with Crippen molar-refractivity contribution in [1.82, 2.24) is 9.47 Å². The number of hydrogen-bond donors (Lipinski definition) is 1. The van der Waals surface area contributed by atoms with E-state index >= 15 is 0 Å². The Labute approximate surface area is 104 Å². The van der Waals surface area contributed by atoms with E-state index in [0.717, 1.165) is 16.7 Å². The Balaban J connectivity index is 2.61. The molecule has 0 bridgehead atoms. The van der Waals surface area contributed by atoms with Gasteiger partial charge in [0.1, 0.15) is 0 Å². The molecule has 5 heteroatoms. The highest BCUT2D eigenvalue weighted by Crippen LogP contribution is 2.22. The summed E-state index contributed by atoms with van der Waals surface area (Å²) in [5, 5.41) is 9.72. The standard InChI is InChI=1S/C13H14N2O3/c1-14(2)6-9-3-4-12-11(5-9)10(8-16)7-15(12)13(17)18/h3-5,7-8H,6H2,1-2H3,(H,17,18). The third-order valence-corrected chi connectivity index (χ3v) is 2.73. The largest absolute Gasteiger partial charge is 0.464 e. The molecule has 94 valence electrons. The maximum absolute atomic E-state index is 11.0. The first-order chi connectivity index (χ1) is 8.52. The SMILES string of the molecule is CN(C)Cc1ccc2c(c1)c(C=O)cn2C(=O)O. The summed E-state index contributed by atoms with van der Waals surface area (Å²) in [6, 6.07) is 5.46. The molecule has 0 radical (unpaired) electrons. The predicted octanol–water partition coefficient (Wildman–Crippen LogP) is 2.04. The molecule has 0 fully saturated rings. The number of carbonyl (C=O) groups excluding carboxylic acids is 1. The Bertz CT molecular complexity index is 614. The fourth-order valence-electron chi connectivity index (χ4n) is 2.02. The molecule has 1 aromatic carbocycles. The number of fused-ring (bicyclic) bond motifs is 1. The van der Waals surface area contributed by atoms with Gasteiger partial charge in [0.15, 0.2) is 6.29 Å².